The molecular formula is C24H24N4O3S. The zero-order chi connectivity index (χ0) is 22.9. The highest BCUT2D eigenvalue weighted by Gasteiger charge is 2.26. The molecule has 7 nitrogen and oxygen atoms in total. The minimum Gasteiger partial charge on any atom is -0.356 e. The van der Waals surface area contributed by atoms with Crippen LogP contribution in [-0.4, -0.2) is 30.9 Å². The number of aryl methyl sites for hydroxylation is 1. The quantitative estimate of drug-likeness (QED) is 0.566. The SMILES string of the molecule is Cc1cccn2c(=O)c(/C=C(\C#N)S(=O)(=O)c3ccccc3)c(N3CCC[C@H](C)C3)nc12. The van der Waals surface area contributed by atoms with E-state index >= 15 is 0 Å². The van der Waals surface area contributed by atoms with Gasteiger partial charge < -0.3 is 4.90 Å². The fourth-order valence-corrected chi connectivity index (χ4v) is 5.24. The first kappa shape index (κ1) is 21.8. The molecule has 0 aliphatic carbocycles. The summed E-state index contributed by atoms with van der Waals surface area (Å²) in [6.45, 7) is 5.44. The molecule has 2 aromatic heterocycles. The first-order valence-electron chi connectivity index (χ1n) is 10.5. The molecule has 0 amide bonds. The van der Waals surface area contributed by atoms with Gasteiger partial charge in [0.1, 0.15) is 22.4 Å². The molecule has 3 heterocycles. The van der Waals surface area contributed by atoms with Crippen molar-refractivity contribution in [1.82, 2.24) is 9.38 Å². The van der Waals surface area contributed by atoms with E-state index in [-0.39, 0.29) is 10.5 Å². The van der Waals surface area contributed by atoms with E-state index in [2.05, 4.69) is 6.92 Å². The monoisotopic (exact) mass is 448 g/mol. The van der Waals surface area contributed by atoms with Crippen LogP contribution in [0.2, 0.25) is 0 Å². The van der Waals surface area contributed by atoms with E-state index in [4.69, 9.17) is 4.98 Å². The van der Waals surface area contributed by atoms with Crippen molar-refractivity contribution < 1.29 is 8.42 Å². The molecule has 1 saturated heterocycles. The van der Waals surface area contributed by atoms with Gasteiger partial charge in [-0.25, -0.2) is 13.4 Å². The average Bonchev–Trinajstić information content (AvgIpc) is 2.79. The first-order chi connectivity index (χ1) is 15.3. The maximum atomic E-state index is 13.5. The van der Waals surface area contributed by atoms with Gasteiger partial charge in [0.25, 0.3) is 5.56 Å². The van der Waals surface area contributed by atoms with Crippen LogP contribution in [0.4, 0.5) is 5.82 Å². The summed E-state index contributed by atoms with van der Waals surface area (Å²) in [5.41, 5.74) is 1.07. The summed E-state index contributed by atoms with van der Waals surface area (Å²) in [6.07, 6.45) is 4.82. The van der Waals surface area contributed by atoms with Crippen molar-refractivity contribution in [3.05, 3.63) is 75.0 Å². The normalized spacial score (nSPS) is 17.3. The van der Waals surface area contributed by atoms with Crippen LogP contribution >= 0.6 is 0 Å². The molecule has 0 spiro atoms. The lowest BCUT2D eigenvalue weighted by Gasteiger charge is -2.32. The van der Waals surface area contributed by atoms with Crippen molar-refractivity contribution in [3.63, 3.8) is 0 Å². The molecule has 0 bridgehead atoms. The number of pyridine rings is 1. The highest BCUT2D eigenvalue weighted by atomic mass is 32.2. The van der Waals surface area contributed by atoms with Gasteiger partial charge in [-0.3, -0.25) is 9.20 Å². The number of hydrogen-bond acceptors (Lipinski definition) is 6. The van der Waals surface area contributed by atoms with Gasteiger partial charge >= 0.3 is 0 Å². The molecule has 4 rings (SSSR count). The number of sulfone groups is 1. The van der Waals surface area contributed by atoms with Crippen LogP contribution < -0.4 is 10.5 Å². The third kappa shape index (κ3) is 3.92. The molecule has 0 radical (unpaired) electrons. The van der Waals surface area contributed by atoms with E-state index in [1.807, 2.05) is 17.9 Å². The first-order valence-corrected chi connectivity index (χ1v) is 12.0. The number of hydrogen-bond donors (Lipinski definition) is 0. The Morgan fingerprint density at radius 1 is 1.22 bits per heavy atom. The molecule has 1 aromatic carbocycles. The third-order valence-electron chi connectivity index (χ3n) is 5.75. The minimum absolute atomic E-state index is 0.00522. The Morgan fingerprint density at radius 2 is 1.97 bits per heavy atom. The van der Waals surface area contributed by atoms with Crippen molar-refractivity contribution >= 4 is 27.4 Å². The average molecular weight is 449 g/mol. The molecule has 3 aromatic rings. The Bertz CT molecular complexity index is 1400. The van der Waals surface area contributed by atoms with Crippen LogP contribution in [0.5, 0.6) is 0 Å². The van der Waals surface area contributed by atoms with E-state index in [1.54, 1.807) is 36.5 Å². The third-order valence-corrected chi connectivity index (χ3v) is 7.43. The second kappa shape index (κ2) is 8.60. The van der Waals surface area contributed by atoms with Crippen molar-refractivity contribution in [3.8, 4) is 6.07 Å². The Kier molecular flexibility index (Phi) is 5.85. The lowest BCUT2D eigenvalue weighted by atomic mass is 10.00. The predicted molar refractivity (Wildman–Crippen MR) is 124 cm³/mol. The van der Waals surface area contributed by atoms with Crippen LogP contribution in [0.15, 0.2) is 63.3 Å². The van der Waals surface area contributed by atoms with Gasteiger partial charge in [0, 0.05) is 19.3 Å². The van der Waals surface area contributed by atoms with E-state index in [1.165, 1.54) is 22.6 Å². The molecule has 0 N–H and O–H groups in total. The molecule has 1 aliphatic rings. The zero-order valence-electron chi connectivity index (χ0n) is 18.0. The number of anilines is 1. The zero-order valence-corrected chi connectivity index (χ0v) is 18.8. The molecule has 8 heteroatoms. The van der Waals surface area contributed by atoms with E-state index < -0.39 is 20.3 Å². The van der Waals surface area contributed by atoms with Crippen molar-refractivity contribution in [2.45, 2.75) is 31.6 Å². The number of aromatic nitrogens is 2. The Balaban J connectivity index is 1.98. The standard InChI is InChI=1S/C24H24N4O3S/c1-17-8-6-12-27(16-17)23-21(24(29)28-13-7-9-18(2)22(28)26-23)14-20(15-25)32(30,31)19-10-4-3-5-11-19/h3-5,7,9-11,13-14,17H,6,8,12,16H2,1-2H3/b20-14+/t17-/m0/s1. The molecule has 1 atom stereocenters. The lowest BCUT2D eigenvalue weighted by Crippen LogP contribution is -2.37. The highest BCUT2D eigenvalue weighted by Crippen LogP contribution is 2.27. The molecule has 1 aliphatic heterocycles. The summed E-state index contributed by atoms with van der Waals surface area (Å²) >= 11 is 0. The number of benzene rings is 1. The van der Waals surface area contributed by atoms with Crippen molar-refractivity contribution in [1.29, 1.82) is 5.26 Å². The highest BCUT2D eigenvalue weighted by molar-refractivity contribution is 7.95. The molecular weight excluding hydrogens is 424 g/mol. The summed E-state index contributed by atoms with van der Waals surface area (Å²) in [5, 5.41) is 9.74. The summed E-state index contributed by atoms with van der Waals surface area (Å²) < 4.78 is 27.6. The predicted octanol–water partition coefficient (Wildman–Crippen LogP) is 3.58. The van der Waals surface area contributed by atoms with Gasteiger partial charge in [0.2, 0.25) is 9.84 Å². The van der Waals surface area contributed by atoms with Gasteiger partial charge in [-0.2, -0.15) is 5.26 Å². The second-order valence-corrected chi connectivity index (χ2v) is 10.1. The number of rotatable bonds is 4. The second-order valence-electron chi connectivity index (χ2n) is 8.17. The van der Waals surface area contributed by atoms with Crippen LogP contribution in [0.1, 0.15) is 30.9 Å². The molecule has 0 saturated carbocycles. The summed E-state index contributed by atoms with van der Waals surface area (Å²) in [5.74, 6) is 0.841. The van der Waals surface area contributed by atoms with E-state index in [0.29, 0.717) is 30.5 Å². The summed E-state index contributed by atoms with van der Waals surface area (Å²) in [4.78, 5) is 19.8. The Labute approximate surface area is 187 Å². The van der Waals surface area contributed by atoms with Gasteiger partial charge in [0.15, 0.2) is 0 Å². The minimum atomic E-state index is -4.08. The van der Waals surface area contributed by atoms with Crippen molar-refractivity contribution in [2.75, 3.05) is 18.0 Å². The maximum Gasteiger partial charge on any atom is 0.267 e. The number of piperidine rings is 1. The Morgan fingerprint density at radius 3 is 2.66 bits per heavy atom. The fraction of sp³-hybridized carbons (Fsp3) is 0.292. The largest absolute Gasteiger partial charge is 0.356 e. The number of nitrogens with zero attached hydrogens (tertiary/aromatic N) is 4. The van der Waals surface area contributed by atoms with Gasteiger partial charge in [-0.15, -0.1) is 0 Å². The Hall–Kier alpha value is -3.44. The summed E-state index contributed by atoms with van der Waals surface area (Å²) in [6, 6.07) is 13.2. The number of fused-ring (bicyclic) bond motifs is 1. The van der Waals surface area contributed by atoms with Crippen LogP contribution in [0.25, 0.3) is 11.7 Å². The lowest BCUT2D eigenvalue weighted by molar-refractivity contribution is 0.444. The van der Waals surface area contributed by atoms with E-state index in [0.717, 1.165) is 18.4 Å². The molecule has 0 unspecified atom stereocenters. The van der Waals surface area contributed by atoms with Gasteiger partial charge in [0.05, 0.1) is 10.5 Å². The molecule has 32 heavy (non-hydrogen) atoms. The topological polar surface area (TPSA) is 95.5 Å². The van der Waals surface area contributed by atoms with Crippen molar-refractivity contribution in [2.24, 2.45) is 5.92 Å². The maximum absolute atomic E-state index is 13.5. The summed E-state index contributed by atoms with van der Waals surface area (Å²) in [7, 11) is -4.08. The van der Waals surface area contributed by atoms with Crippen LogP contribution in [0.3, 0.4) is 0 Å². The number of allylic oxidation sites excluding steroid dienone is 1. The number of nitriles is 1. The fourth-order valence-electron chi connectivity index (χ4n) is 4.08. The van der Waals surface area contributed by atoms with Gasteiger partial charge in [-0.05, 0) is 55.5 Å². The van der Waals surface area contributed by atoms with Gasteiger partial charge in [-0.1, -0.05) is 31.2 Å². The van der Waals surface area contributed by atoms with Crippen LogP contribution in [0, 0.1) is 24.2 Å². The molecule has 1 fully saturated rings. The van der Waals surface area contributed by atoms with Crippen LogP contribution in [-0.2, 0) is 9.84 Å². The molecule has 164 valence electrons. The smallest absolute Gasteiger partial charge is 0.267 e. The van der Waals surface area contributed by atoms with E-state index in [9.17, 15) is 18.5 Å².